The maximum atomic E-state index is 12.5. The van der Waals surface area contributed by atoms with Crippen molar-refractivity contribution in [1.29, 1.82) is 0 Å². The minimum absolute atomic E-state index is 0.291. The number of nitrogens with one attached hydrogen (secondary N) is 2. The molecule has 0 aromatic carbocycles. The third-order valence-electron chi connectivity index (χ3n) is 4.39. The van der Waals surface area contributed by atoms with Crippen molar-refractivity contribution in [2.75, 3.05) is 7.11 Å². The Morgan fingerprint density at radius 2 is 2.00 bits per heavy atom. The summed E-state index contributed by atoms with van der Waals surface area (Å²) in [5.74, 6) is 0.858. The number of aromatic amines is 1. The maximum Gasteiger partial charge on any atom is 0.339 e. The zero-order valence-corrected chi connectivity index (χ0v) is 15.7. The molecule has 140 valence electrons. The van der Waals surface area contributed by atoms with Crippen LogP contribution in [0.25, 0.3) is 5.82 Å². The van der Waals surface area contributed by atoms with Crippen LogP contribution in [-0.4, -0.2) is 38.5 Å². The van der Waals surface area contributed by atoms with Crippen molar-refractivity contribution in [1.82, 2.24) is 24.8 Å². The molecule has 8 heteroatoms. The first-order chi connectivity index (χ1) is 12.9. The van der Waals surface area contributed by atoms with Crippen LogP contribution in [0.5, 0.6) is 0 Å². The van der Waals surface area contributed by atoms with Crippen LogP contribution in [0.2, 0.25) is 0 Å². The van der Waals surface area contributed by atoms with Gasteiger partial charge in [0.1, 0.15) is 17.3 Å². The number of esters is 1. The summed E-state index contributed by atoms with van der Waals surface area (Å²) in [4.78, 5) is 35.9. The number of carbonyl (C=O) groups is 2. The number of H-pyrrole nitrogens is 1. The molecule has 0 radical (unpaired) electrons. The normalized spacial score (nSPS) is 10.7. The molecule has 0 aliphatic rings. The minimum atomic E-state index is -0.463. The molecule has 0 spiro atoms. The molecule has 1 amide bonds. The van der Waals surface area contributed by atoms with Crippen LogP contribution >= 0.6 is 0 Å². The van der Waals surface area contributed by atoms with Gasteiger partial charge in [-0.1, -0.05) is 6.07 Å². The monoisotopic (exact) mass is 367 g/mol. The topological polar surface area (TPSA) is 102 Å². The van der Waals surface area contributed by atoms with Gasteiger partial charge in [-0.3, -0.25) is 9.36 Å². The van der Waals surface area contributed by atoms with E-state index in [0.29, 0.717) is 29.1 Å². The van der Waals surface area contributed by atoms with Gasteiger partial charge in [-0.05, 0) is 38.0 Å². The molecule has 0 saturated carbocycles. The number of imidazole rings is 1. The third kappa shape index (κ3) is 3.59. The predicted molar refractivity (Wildman–Crippen MR) is 98.9 cm³/mol. The van der Waals surface area contributed by atoms with Gasteiger partial charge >= 0.3 is 5.97 Å². The van der Waals surface area contributed by atoms with Crippen molar-refractivity contribution in [3.05, 3.63) is 64.6 Å². The molecule has 0 aliphatic carbocycles. The fourth-order valence-electron chi connectivity index (χ4n) is 2.94. The molecule has 0 atom stereocenters. The van der Waals surface area contributed by atoms with E-state index in [4.69, 9.17) is 4.74 Å². The second-order valence-corrected chi connectivity index (χ2v) is 6.17. The number of carbonyl (C=O) groups excluding carboxylic acids is 2. The summed E-state index contributed by atoms with van der Waals surface area (Å²) in [5, 5.41) is 2.84. The SMILES string of the molecule is COC(=O)c1c(C)[nH]c(C(=O)NCc2ccc(-n3ccnc3C)nc2)c1C. The number of pyridine rings is 1. The van der Waals surface area contributed by atoms with Crippen molar-refractivity contribution in [2.45, 2.75) is 27.3 Å². The average molecular weight is 367 g/mol. The Labute approximate surface area is 156 Å². The summed E-state index contributed by atoms with van der Waals surface area (Å²) < 4.78 is 6.64. The maximum absolute atomic E-state index is 12.5. The lowest BCUT2D eigenvalue weighted by Gasteiger charge is -2.07. The van der Waals surface area contributed by atoms with Gasteiger partial charge in [0.15, 0.2) is 0 Å². The fraction of sp³-hybridized carbons (Fsp3) is 0.263. The number of hydrogen-bond donors (Lipinski definition) is 2. The van der Waals surface area contributed by atoms with Crippen LogP contribution < -0.4 is 5.32 Å². The van der Waals surface area contributed by atoms with E-state index in [9.17, 15) is 9.59 Å². The lowest BCUT2D eigenvalue weighted by molar-refractivity contribution is 0.0599. The largest absolute Gasteiger partial charge is 0.465 e. The number of aryl methyl sites for hydroxylation is 2. The average Bonchev–Trinajstić information content (AvgIpc) is 3.22. The molecule has 0 fully saturated rings. The summed E-state index contributed by atoms with van der Waals surface area (Å²) in [6.07, 6.45) is 5.27. The van der Waals surface area contributed by atoms with Crippen LogP contribution in [0.1, 0.15) is 43.5 Å². The Bertz CT molecular complexity index is 985. The number of rotatable bonds is 5. The highest BCUT2D eigenvalue weighted by atomic mass is 16.5. The Balaban J connectivity index is 1.69. The van der Waals surface area contributed by atoms with Crippen LogP contribution in [0.15, 0.2) is 30.7 Å². The number of nitrogens with zero attached hydrogens (tertiary/aromatic N) is 3. The highest BCUT2D eigenvalue weighted by Gasteiger charge is 2.22. The van der Waals surface area contributed by atoms with Gasteiger partial charge in [-0.2, -0.15) is 0 Å². The van der Waals surface area contributed by atoms with Gasteiger partial charge in [0.25, 0.3) is 5.91 Å². The third-order valence-corrected chi connectivity index (χ3v) is 4.39. The number of hydrogen-bond acceptors (Lipinski definition) is 5. The molecule has 0 unspecified atom stereocenters. The molecule has 3 aromatic heterocycles. The highest BCUT2D eigenvalue weighted by molar-refractivity contribution is 6.00. The van der Waals surface area contributed by atoms with Gasteiger partial charge in [0.2, 0.25) is 0 Å². The van der Waals surface area contributed by atoms with Gasteiger partial charge < -0.3 is 15.0 Å². The quantitative estimate of drug-likeness (QED) is 0.674. The molecule has 2 N–H and O–H groups in total. The first-order valence-electron chi connectivity index (χ1n) is 8.43. The first-order valence-corrected chi connectivity index (χ1v) is 8.43. The van der Waals surface area contributed by atoms with Gasteiger partial charge in [0, 0.05) is 30.8 Å². The van der Waals surface area contributed by atoms with E-state index < -0.39 is 5.97 Å². The first kappa shape index (κ1) is 18.4. The number of ether oxygens (including phenoxy) is 1. The summed E-state index contributed by atoms with van der Waals surface area (Å²) >= 11 is 0. The van der Waals surface area contributed by atoms with Crippen LogP contribution in [0.3, 0.4) is 0 Å². The Morgan fingerprint density at radius 3 is 2.59 bits per heavy atom. The van der Waals surface area contributed by atoms with E-state index in [-0.39, 0.29) is 5.91 Å². The second-order valence-electron chi connectivity index (χ2n) is 6.17. The summed E-state index contributed by atoms with van der Waals surface area (Å²) in [7, 11) is 1.32. The molecule has 0 saturated heterocycles. The molecule has 0 bridgehead atoms. The molecule has 3 aromatic rings. The number of methoxy groups -OCH3 is 1. The summed E-state index contributed by atoms with van der Waals surface area (Å²) in [5.41, 5.74) is 2.78. The smallest absolute Gasteiger partial charge is 0.339 e. The zero-order chi connectivity index (χ0) is 19.6. The van der Waals surface area contributed by atoms with Crippen LogP contribution in [0.4, 0.5) is 0 Å². The predicted octanol–water partition coefficient (Wildman–Crippen LogP) is 2.24. The number of aromatic nitrogens is 4. The lowest BCUT2D eigenvalue weighted by atomic mass is 10.1. The number of amides is 1. The van der Waals surface area contributed by atoms with Gasteiger partial charge in [0.05, 0.1) is 12.7 Å². The fourth-order valence-corrected chi connectivity index (χ4v) is 2.94. The lowest BCUT2D eigenvalue weighted by Crippen LogP contribution is -2.24. The van der Waals surface area contributed by atoms with E-state index in [1.165, 1.54) is 7.11 Å². The van der Waals surface area contributed by atoms with Crippen molar-refractivity contribution in [2.24, 2.45) is 0 Å². The van der Waals surface area contributed by atoms with Gasteiger partial charge in [-0.15, -0.1) is 0 Å². The Hall–Kier alpha value is -3.42. The Morgan fingerprint density at radius 1 is 1.22 bits per heavy atom. The highest BCUT2D eigenvalue weighted by Crippen LogP contribution is 2.19. The van der Waals surface area contributed by atoms with Crippen LogP contribution in [0, 0.1) is 20.8 Å². The summed E-state index contributed by atoms with van der Waals surface area (Å²) in [6.45, 7) is 5.67. The molecular weight excluding hydrogens is 346 g/mol. The van der Waals surface area contributed by atoms with Crippen molar-refractivity contribution in [3.8, 4) is 5.82 Å². The molecule has 8 nitrogen and oxygen atoms in total. The second kappa shape index (κ2) is 7.45. The minimum Gasteiger partial charge on any atom is -0.465 e. The van der Waals surface area contributed by atoms with Crippen molar-refractivity contribution < 1.29 is 14.3 Å². The van der Waals surface area contributed by atoms with E-state index in [2.05, 4.69) is 20.3 Å². The molecule has 27 heavy (non-hydrogen) atoms. The standard InChI is InChI=1S/C19H21N5O3/c1-11-16(19(26)27-4)12(2)23-17(11)18(25)22-10-14-5-6-15(21-9-14)24-8-7-20-13(24)3/h5-9,23H,10H2,1-4H3,(H,22,25). The zero-order valence-electron chi connectivity index (χ0n) is 15.7. The van der Waals surface area contributed by atoms with E-state index in [1.54, 1.807) is 26.2 Å². The van der Waals surface area contributed by atoms with E-state index >= 15 is 0 Å². The van der Waals surface area contributed by atoms with Crippen molar-refractivity contribution >= 4 is 11.9 Å². The molecule has 3 rings (SSSR count). The molecular formula is C19H21N5O3. The van der Waals surface area contributed by atoms with Crippen molar-refractivity contribution in [3.63, 3.8) is 0 Å². The molecule has 3 heterocycles. The molecule has 0 aliphatic heterocycles. The Kier molecular flexibility index (Phi) is 5.07. The van der Waals surface area contributed by atoms with Crippen LogP contribution in [-0.2, 0) is 11.3 Å². The van der Waals surface area contributed by atoms with E-state index in [0.717, 1.165) is 17.2 Å². The van der Waals surface area contributed by atoms with Gasteiger partial charge in [-0.25, -0.2) is 14.8 Å². The summed E-state index contributed by atoms with van der Waals surface area (Å²) in [6, 6.07) is 3.77. The van der Waals surface area contributed by atoms with E-state index in [1.807, 2.05) is 29.8 Å².